The number of hydrogen-bond donors (Lipinski definition) is 2. The van der Waals surface area contributed by atoms with Crippen LogP contribution in [0.15, 0.2) is 0 Å². The van der Waals surface area contributed by atoms with Crippen molar-refractivity contribution >= 4 is 6.03 Å². The van der Waals surface area contributed by atoms with Gasteiger partial charge in [-0.2, -0.15) is 0 Å². The largest absolute Gasteiger partial charge is 0.396 e. The first-order chi connectivity index (χ1) is 10.1. The molecule has 0 aromatic rings. The molecule has 2 aliphatic rings. The van der Waals surface area contributed by atoms with Crippen molar-refractivity contribution in [3.05, 3.63) is 0 Å². The molecular formula is C16H31N3O2. The molecule has 2 fully saturated rings. The average molecular weight is 297 g/mol. The van der Waals surface area contributed by atoms with E-state index in [0.717, 1.165) is 32.5 Å². The van der Waals surface area contributed by atoms with E-state index in [9.17, 15) is 9.90 Å². The fourth-order valence-electron chi connectivity index (χ4n) is 3.47. The average Bonchev–Trinajstić information content (AvgIpc) is 2.53. The molecule has 0 saturated carbocycles. The summed E-state index contributed by atoms with van der Waals surface area (Å²) in [5.41, 5.74) is 0. The Bertz CT molecular complexity index is 335. The number of carbonyl (C=O) groups is 1. The van der Waals surface area contributed by atoms with E-state index >= 15 is 0 Å². The van der Waals surface area contributed by atoms with Gasteiger partial charge in [-0.15, -0.1) is 0 Å². The van der Waals surface area contributed by atoms with Crippen molar-refractivity contribution in [3.8, 4) is 0 Å². The first kappa shape index (κ1) is 16.6. The third-order valence-electron chi connectivity index (χ3n) is 4.89. The van der Waals surface area contributed by atoms with Crippen molar-refractivity contribution in [1.29, 1.82) is 0 Å². The van der Waals surface area contributed by atoms with Gasteiger partial charge in [-0.25, -0.2) is 4.79 Å². The number of aliphatic hydroxyl groups excluding tert-OH is 1. The number of hydrogen-bond acceptors (Lipinski definition) is 3. The normalized spacial score (nSPS) is 27.9. The van der Waals surface area contributed by atoms with Gasteiger partial charge in [0.2, 0.25) is 0 Å². The van der Waals surface area contributed by atoms with E-state index in [0.29, 0.717) is 18.5 Å². The number of piperidine rings is 2. The second-order valence-corrected chi connectivity index (χ2v) is 6.92. The molecular weight excluding hydrogens is 266 g/mol. The first-order valence-electron chi connectivity index (χ1n) is 8.47. The van der Waals surface area contributed by atoms with Gasteiger partial charge in [-0.1, -0.05) is 0 Å². The standard InChI is InChI=1S/C16H31N3O2/c1-13(2)18-7-3-5-14(10-18)9-17-16(21)19-8-4-6-15(11-19)12-20/h13-15,20H,3-12H2,1-2H3,(H,17,21)/t14-,15+/m1/s1. The molecule has 2 rings (SSSR count). The smallest absolute Gasteiger partial charge is 0.317 e. The van der Waals surface area contributed by atoms with Crippen LogP contribution in [0.25, 0.3) is 0 Å². The van der Waals surface area contributed by atoms with Gasteiger partial charge in [0.1, 0.15) is 0 Å². The van der Waals surface area contributed by atoms with Crippen LogP contribution in [0.3, 0.4) is 0 Å². The minimum atomic E-state index is 0.0508. The Kier molecular flexibility index (Phi) is 6.30. The summed E-state index contributed by atoms with van der Waals surface area (Å²) in [4.78, 5) is 16.6. The Balaban J connectivity index is 1.73. The number of aliphatic hydroxyl groups is 1. The van der Waals surface area contributed by atoms with Crippen molar-refractivity contribution in [2.75, 3.05) is 39.3 Å². The minimum absolute atomic E-state index is 0.0508. The van der Waals surface area contributed by atoms with Crippen molar-refractivity contribution in [2.24, 2.45) is 11.8 Å². The van der Waals surface area contributed by atoms with Crippen molar-refractivity contribution < 1.29 is 9.90 Å². The SMILES string of the molecule is CC(C)N1CCC[C@H](CNC(=O)N2CCC[C@H](CO)C2)C1. The summed E-state index contributed by atoms with van der Waals surface area (Å²) in [5, 5.41) is 12.3. The van der Waals surface area contributed by atoms with Crippen LogP contribution in [0.1, 0.15) is 39.5 Å². The zero-order valence-corrected chi connectivity index (χ0v) is 13.6. The molecule has 2 N–H and O–H groups in total. The Hall–Kier alpha value is -0.810. The monoisotopic (exact) mass is 297 g/mol. The van der Waals surface area contributed by atoms with E-state index in [1.807, 2.05) is 4.90 Å². The second-order valence-electron chi connectivity index (χ2n) is 6.92. The maximum Gasteiger partial charge on any atom is 0.317 e. The van der Waals surface area contributed by atoms with Crippen LogP contribution in [0, 0.1) is 11.8 Å². The number of carbonyl (C=O) groups excluding carboxylic acids is 1. The molecule has 2 aliphatic heterocycles. The van der Waals surface area contributed by atoms with Gasteiger partial charge >= 0.3 is 6.03 Å². The number of urea groups is 1. The molecule has 5 nitrogen and oxygen atoms in total. The molecule has 0 radical (unpaired) electrons. The third-order valence-corrected chi connectivity index (χ3v) is 4.89. The fraction of sp³-hybridized carbons (Fsp3) is 0.938. The highest BCUT2D eigenvalue weighted by molar-refractivity contribution is 5.74. The summed E-state index contributed by atoms with van der Waals surface area (Å²) in [5.74, 6) is 0.833. The molecule has 122 valence electrons. The lowest BCUT2D eigenvalue weighted by Crippen LogP contribution is -2.49. The highest BCUT2D eigenvalue weighted by Crippen LogP contribution is 2.18. The van der Waals surface area contributed by atoms with Crippen molar-refractivity contribution in [2.45, 2.75) is 45.6 Å². The molecule has 2 amide bonds. The van der Waals surface area contributed by atoms with Crippen LogP contribution in [0.2, 0.25) is 0 Å². The zero-order chi connectivity index (χ0) is 15.2. The van der Waals surface area contributed by atoms with Gasteiger partial charge in [0.15, 0.2) is 0 Å². The summed E-state index contributed by atoms with van der Waals surface area (Å²) in [7, 11) is 0. The fourth-order valence-corrected chi connectivity index (χ4v) is 3.47. The van der Waals surface area contributed by atoms with Crippen LogP contribution in [0.4, 0.5) is 4.79 Å². The van der Waals surface area contributed by atoms with Gasteiger partial charge in [0, 0.05) is 38.8 Å². The Morgan fingerprint density at radius 3 is 2.62 bits per heavy atom. The number of amides is 2. The number of rotatable bonds is 4. The number of nitrogens with one attached hydrogen (secondary N) is 1. The van der Waals surface area contributed by atoms with Crippen LogP contribution in [-0.2, 0) is 0 Å². The zero-order valence-electron chi connectivity index (χ0n) is 13.6. The number of nitrogens with zero attached hydrogens (tertiary/aromatic N) is 2. The molecule has 0 aromatic carbocycles. The lowest BCUT2D eigenvalue weighted by Gasteiger charge is -2.36. The highest BCUT2D eigenvalue weighted by atomic mass is 16.3. The first-order valence-corrected chi connectivity index (χ1v) is 8.47. The van der Waals surface area contributed by atoms with Gasteiger partial charge < -0.3 is 20.2 Å². The summed E-state index contributed by atoms with van der Waals surface area (Å²) in [6.07, 6.45) is 4.48. The molecule has 2 heterocycles. The van der Waals surface area contributed by atoms with E-state index in [-0.39, 0.29) is 18.6 Å². The van der Waals surface area contributed by atoms with Crippen LogP contribution < -0.4 is 5.32 Å². The topological polar surface area (TPSA) is 55.8 Å². The molecule has 2 atom stereocenters. The summed E-state index contributed by atoms with van der Waals surface area (Å²) >= 11 is 0. The molecule has 2 saturated heterocycles. The van der Waals surface area contributed by atoms with Crippen molar-refractivity contribution in [3.63, 3.8) is 0 Å². The molecule has 0 aromatic heterocycles. The van der Waals surface area contributed by atoms with Gasteiger partial charge in [0.25, 0.3) is 0 Å². The van der Waals surface area contributed by atoms with E-state index in [2.05, 4.69) is 24.1 Å². The van der Waals surface area contributed by atoms with Crippen LogP contribution in [-0.4, -0.2) is 66.3 Å². The summed E-state index contributed by atoms with van der Waals surface area (Å²) in [6.45, 7) is 9.26. The molecule has 0 spiro atoms. The molecule has 0 unspecified atom stereocenters. The van der Waals surface area contributed by atoms with Gasteiger partial charge in [-0.3, -0.25) is 0 Å². The minimum Gasteiger partial charge on any atom is -0.396 e. The molecule has 0 aliphatic carbocycles. The van der Waals surface area contributed by atoms with Gasteiger partial charge in [0.05, 0.1) is 0 Å². The summed E-state index contributed by atoms with van der Waals surface area (Å²) < 4.78 is 0. The van der Waals surface area contributed by atoms with Crippen molar-refractivity contribution in [1.82, 2.24) is 15.1 Å². The second kappa shape index (κ2) is 7.99. The maximum absolute atomic E-state index is 12.2. The molecule has 21 heavy (non-hydrogen) atoms. The Morgan fingerprint density at radius 2 is 1.90 bits per heavy atom. The lowest BCUT2D eigenvalue weighted by atomic mass is 9.97. The van der Waals surface area contributed by atoms with E-state index in [1.165, 1.54) is 19.4 Å². The highest BCUT2D eigenvalue weighted by Gasteiger charge is 2.25. The predicted octanol–water partition coefficient (Wildman–Crippen LogP) is 1.52. The number of likely N-dealkylation sites (tertiary alicyclic amines) is 2. The Morgan fingerprint density at radius 1 is 1.19 bits per heavy atom. The third kappa shape index (κ3) is 4.85. The molecule has 5 heteroatoms. The van der Waals surface area contributed by atoms with Gasteiger partial charge in [-0.05, 0) is 57.9 Å². The van der Waals surface area contributed by atoms with Crippen LogP contribution in [0.5, 0.6) is 0 Å². The quantitative estimate of drug-likeness (QED) is 0.827. The van der Waals surface area contributed by atoms with E-state index in [4.69, 9.17) is 0 Å². The predicted molar refractivity (Wildman–Crippen MR) is 84.2 cm³/mol. The van der Waals surface area contributed by atoms with Crippen LogP contribution >= 0.6 is 0 Å². The lowest BCUT2D eigenvalue weighted by molar-refractivity contribution is 0.121. The molecule has 0 bridgehead atoms. The summed E-state index contributed by atoms with van der Waals surface area (Å²) in [6, 6.07) is 0.644. The Labute approximate surface area is 128 Å². The van der Waals surface area contributed by atoms with E-state index < -0.39 is 0 Å². The van der Waals surface area contributed by atoms with E-state index in [1.54, 1.807) is 0 Å². The maximum atomic E-state index is 12.2.